The number of carbonyl (C=O) groups excluding carboxylic acids is 1. The van der Waals surface area contributed by atoms with Gasteiger partial charge in [-0.3, -0.25) is 0 Å². The fourth-order valence-corrected chi connectivity index (χ4v) is 1.20. The highest BCUT2D eigenvalue weighted by molar-refractivity contribution is 5.69. The van der Waals surface area contributed by atoms with Crippen LogP contribution in [0.25, 0.3) is 0 Å². The number of hydrogen-bond donors (Lipinski definition) is 1. The first-order chi connectivity index (χ1) is 7.06. The summed E-state index contributed by atoms with van der Waals surface area (Å²) in [6.45, 7) is 3.53. The molecule has 0 saturated carbocycles. The van der Waals surface area contributed by atoms with Gasteiger partial charge in [0, 0.05) is 0 Å². The van der Waals surface area contributed by atoms with Crippen molar-refractivity contribution >= 4 is 6.09 Å². The first-order valence-electron chi connectivity index (χ1n) is 4.50. The molecule has 0 heterocycles. The lowest BCUT2D eigenvalue weighted by molar-refractivity contribution is 0.0392. The molecule has 1 amide bonds. The summed E-state index contributed by atoms with van der Waals surface area (Å²) in [5.74, 6) is 0. The fraction of sp³-hybridized carbons (Fsp3) is 0.273. The molecule has 4 nitrogen and oxygen atoms in total. The van der Waals surface area contributed by atoms with Gasteiger partial charge in [0.2, 0.25) is 0 Å². The second kappa shape index (κ2) is 4.47. The average molecular weight is 204 g/mol. The van der Waals surface area contributed by atoms with Crippen molar-refractivity contribution in [1.29, 1.82) is 5.26 Å². The molecule has 0 aliphatic carbocycles. The molecular weight excluding hydrogens is 192 g/mol. The highest BCUT2D eigenvalue weighted by Gasteiger charge is 2.24. The van der Waals surface area contributed by atoms with E-state index in [4.69, 9.17) is 10.00 Å². The van der Waals surface area contributed by atoms with Gasteiger partial charge in [0.05, 0.1) is 0 Å². The van der Waals surface area contributed by atoms with E-state index in [9.17, 15) is 4.79 Å². The van der Waals surface area contributed by atoms with Crippen molar-refractivity contribution in [2.75, 3.05) is 0 Å². The lowest BCUT2D eigenvalue weighted by Gasteiger charge is -2.24. The lowest BCUT2D eigenvalue weighted by atomic mass is 9.98. The predicted molar refractivity (Wildman–Crippen MR) is 54.7 cm³/mol. The monoisotopic (exact) mass is 204 g/mol. The number of alkyl carbamates (subject to hydrolysis) is 1. The van der Waals surface area contributed by atoms with Crippen molar-refractivity contribution < 1.29 is 9.53 Å². The normalized spacial score (nSPS) is 10.2. The van der Waals surface area contributed by atoms with Gasteiger partial charge in [-0.05, 0) is 19.4 Å². The summed E-state index contributed by atoms with van der Waals surface area (Å²) in [4.78, 5) is 11.1. The Hall–Kier alpha value is -2.02. The summed E-state index contributed by atoms with van der Waals surface area (Å²) in [5, 5.41) is 10.2. The largest absolute Gasteiger partial charge is 0.438 e. The summed E-state index contributed by atoms with van der Waals surface area (Å²) in [7, 11) is 0. The van der Waals surface area contributed by atoms with Crippen LogP contribution in [-0.4, -0.2) is 6.09 Å². The van der Waals surface area contributed by atoms with E-state index in [1.807, 2.05) is 35.6 Å². The second-order valence-electron chi connectivity index (χ2n) is 3.50. The maximum Gasteiger partial charge on any atom is 0.421 e. The first-order valence-corrected chi connectivity index (χ1v) is 4.50. The number of benzene rings is 1. The molecule has 1 aromatic rings. The van der Waals surface area contributed by atoms with E-state index in [0.29, 0.717) is 0 Å². The van der Waals surface area contributed by atoms with E-state index in [-0.39, 0.29) is 0 Å². The van der Waals surface area contributed by atoms with E-state index >= 15 is 0 Å². The molecule has 0 spiro atoms. The summed E-state index contributed by atoms with van der Waals surface area (Å²) >= 11 is 0. The fourth-order valence-electron chi connectivity index (χ4n) is 1.20. The quantitative estimate of drug-likeness (QED) is 0.593. The van der Waals surface area contributed by atoms with Crippen LogP contribution in [0.1, 0.15) is 19.4 Å². The molecule has 1 rings (SSSR count). The number of carbonyl (C=O) groups is 1. The van der Waals surface area contributed by atoms with Crippen molar-refractivity contribution in [3.63, 3.8) is 0 Å². The lowest BCUT2D eigenvalue weighted by Crippen LogP contribution is -2.30. The zero-order chi connectivity index (χ0) is 11.3. The Balaban J connectivity index is 2.76. The van der Waals surface area contributed by atoms with Crippen LogP contribution < -0.4 is 5.32 Å². The number of amides is 1. The molecule has 1 N–H and O–H groups in total. The van der Waals surface area contributed by atoms with Crippen molar-refractivity contribution in [1.82, 2.24) is 5.32 Å². The smallest absolute Gasteiger partial charge is 0.421 e. The molecule has 15 heavy (non-hydrogen) atoms. The molecule has 0 unspecified atom stereocenters. The Morgan fingerprint density at radius 1 is 1.40 bits per heavy atom. The molecule has 0 fully saturated rings. The second-order valence-corrected chi connectivity index (χ2v) is 3.50. The van der Waals surface area contributed by atoms with E-state index in [2.05, 4.69) is 0 Å². The Morgan fingerprint density at radius 2 is 2.00 bits per heavy atom. The van der Waals surface area contributed by atoms with Crippen LogP contribution in [0.4, 0.5) is 4.79 Å². The third-order valence-electron chi connectivity index (χ3n) is 1.97. The van der Waals surface area contributed by atoms with Crippen LogP contribution in [0, 0.1) is 11.5 Å². The Kier molecular flexibility index (Phi) is 3.29. The molecule has 4 heteroatoms. The molecule has 78 valence electrons. The van der Waals surface area contributed by atoms with Gasteiger partial charge < -0.3 is 4.74 Å². The molecule has 0 bridgehead atoms. The molecule has 0 aliphatic heterocycles. The number of rotatable bonds is 2. The maximum absolute atomic E-state index is 11.1. The van der Waals surface area contributed by atoms with Gasteiger partial charge in [0.1, 0.15) is 5.60 Å². The van der Waals surface area contributed by atoms with Gasteiger partial charge in [0.25, 0.3) is 0 Å². The van der Waals surface area contributed by atoms with E-state index in [1.165, 1.54) is 6.19 Å². The van der Waals surface area contributed by atoms with Crippen molar-refractivity contribution in [2.24, 2.45) is 0 Å². The first kappa shape index (κ1) is 11.1. The Morgan fingerprint density at radius 3 is 2.53 bits per heavy atom. The van der Waals surface area contributed by atoms with Crippen LogP contribution >= 0.6 is 0 Å². The maximum atomic E-state index is 11.1. The molecule has 0 saturated heterocycles. The summed E-state index contributed by atoms with van der Waals surface area (Å²) in [6, 6.07) is 9.33. The van der Waals surface area contributed by atoms with Crippen molar-refractivity contribution in [3.05, 3.63) is 35.9 Å². The van der Waals surface area contributed by atoms with Crippen LogP contribution in [0.15, 0.2) is 30.3 Å². The van der Waals surface area contributed by atoms with Gasteiger partial charge in [-0.25, -0.2) is 10.1 Å². The van der Waals surface area contributed by atoms with E-state index < -0.39 is 11.7 Å². The van der Waals surface area contributed by atoms with E-state index in [1.54, 1.807) is 13.8 Å². The standard InChI is InChI=1S/C11H12N2O2/c1-11(2,15-10(14)13-8-12)9-6-4-3-5-7-9/h3-7H,1-2H3,(H,13,14). The zero-order valence-corrected chi connectivity index (χ0v) is 8.65. The summed E-state index contributed by atoms with van der Waals surface area (Å²) in [5.41, 5.74) is 0.125. The predicted octanol–water partition coefficient (Wildman–Crippen LogP) is 2.13. The van der Waals surface area contributed by atoms with Gasteiger partial charge >= 0.3 is 6.09 Å². The van der Waals surface area contributed by atoms with Gasteiger partial charge in [-0.2, -0.15) is 5.26 Å². The van der Waals surface area contributed by atoms with Crippen molar-refractivity contribution in [3.8, 4) is 6.19 Å². The number of nitrogens with one attached hydrogen (secondary N) is 1. The number of nitriles is 1. The third-order valence-corrected chi connectivity index (χ3v) is 1.97. The Labute approximate surface area is 88.5 Å². The molecule has 0 aromatic heterocycles. The SMILES string of the molecule is CC(C)(OC(=O)NC#N)c1ccccc1. The van der Waals surface area contributed by atoms with Crippen LogP contribution in [0.2, 0.25) is 0 Å². The minimum Gasteiger partial charge on any atom is -0.438 e. The minimum atomic E-state index is -0.748. The minimum absolute atomic E-state index is 0.744. The summed E-state index contributed by atoms with van der Waals surface area (Å²) < 4.78 is 5.09. The zero-order valence-electron chi connectivity index (χ0n) is 8.65. The Bertz CT molecular complexity index is 379. The van der Waals surface area contributed by atoms with E-state index in [0.717, 1.165) is 5.56 Å². The van der Waals surface area contributed by atoms with Crippen molar-refractivity contribution in [2.45, 2.75) is 19.4 Å². The molecule has 0 aliphatic rings. The van der Waals surface area contributed by atoms with Gasteiger partial charge in [-0.15, -0.1) is 0 Å². The average Bonchev–Trinajstić information content (AvgIpc) is 2.18. The number of hydrogen-bond acceptors (Lipinski definition) is 3. The summed E-state index contributed by atoms with van der Waals surface area (Å²) in [6.07, 6.45) is 0.773. The molecule has 0 atom stereocenters. The number of ether oxygens (including phenoxy) is 1. The molecular formula is C11H12N2O2. The van der Waals surface area contributed by atoms with Crippen LogP contribution in [-0.2, 0) is 10.3 Å². The van der Waals surface area contributed by atoms with Gasteiger partial charge in [0.15, 0.2) is 6.19 Å². The van der Waals surface area contributed by atoms with Gasteiger partial charge in [-0.1, -0.05) is 30.3 Å². The topological polar surface area (TPSA) is 62.1 Å². The molecule has 0 radical (unpaired) electrons. The molecule has 1 aromatic carbocycles. The van der Waals surface area contributed by atoms with Crippen LogP contribution in [0.5, 0.6) is 0 Å². The highest BCUT2D eigenvalue weighted by Crippen LogP contribution is 2.24. The van der Waals surface area contributed by atoms with Crippen LogP contribution in [0.3, 0.4) is 0 Å². The number of nitrogens with zero attached hydrogens (tertiary/aromatic N) is 1. The third kappa shape index (κ3) is 2.99. The highest BCUT2D eigenvalue weighted by atomic mass is 16.6.